The Balaban J connectivity index is 2.00. The van der Waals surface area contributed by atoms with Crippen molar-refractivity contribution >= 4 is 22.9 Å². The first-order valence-electron chi connectivity index (χ1n) is 7.70. The maximum absolute atomic E-state index is 5.87. The van der Waals surface area contributed by atoms with Crippen molar-refractivity contribution in [1.29, 1.82) is 0 Å². The van der Waals surface area contributed by atoms with Gasteiger partial charge in [-0.05, 0) is 43.7 Å². The molecule has 1 aromatic heterocycles. The van der Waals surface area contributed by atoms with Crippen LogP contribution in [-0.4, -0.2) is 23.0 Å². The third-order valence-electron chi connectivity index (χ3n) is 4.57. The highest BCUT2D eigenvalue weighted by molar-refractivity contribution is 7.09. The Bertz CT molecular complexity index is 416. The van der Waals surface area contributed by atoms with Crippen molar-refractivity contribution < 1.29 is 0 Å². The molecule has 0 aromatic carbocycles. The average molecular weight is 315 g/mol. The summed E-state index contributed by atoms with van der Waals surface area (Å²) >= 11 is 7.64. The molecule has 1 aromatic rings. The van der Waals surface area contributed by atoms with E-state index in [0.29, 0.717) is 17.3 Å². The maximum Gasteiger partial charge on any atom is 0.110 e. The minimum absolute atomic E-state index is 0.445. The van der Waals surface area contributed by atoms with E-state index in [4.69, 9.17) is 11.6 Å². The molecule has 1 atom stereocenters. The number of aromatic nitrogens is 1. The van der Waals surface area contributed by atoms with Crippen LogP contribution in [-0.2, 0) is 5.88 Å². The lowest BCUT2D eigenvalue weighted by molar-refractivity contribution is 0.0806. The maximum atomic E-state index is 5.87. The van der Waals surface area contributed by atoms with Crippen molar-refractivity contribution in [3.63, 3.8) is 0 Å². The Morgan fingerprint density at radius 3 is 2.50 bits per heavy atom. The van der Waals surface area contributed by atoms with Gasteiger partial charge in [-0.1, -0.05) is 27.7 Å². The minimum atomic E-state index is 0.445. The fourth-order valence-corrected chi connectivity index (χ4v) is 4.47. The van der Waals surface area contributed by atoms with E-state index in [9.17, 15) is 0 Å². The zero-order chi connectivity index (χ0) is 14.8. The fourth-order valence-electron chi connectivity index (χ4n) is 3.20. The van der Waals surface area contributed by atoms with Gasteiger partial charge in [0.1, 0.15) is 5.01 Å². The molecule has 1 aliphatic rings. The first-order chi connectivity index (χ1) is 9.45. The van der Waals surface area contributed by atoms with Crippen molar-refractivity contribution in [1.82, 2.24) is 9.88 Å². The van der Waals surface area contributed by atoms with Crippen molar-refractivity contribution in [2.45, 2.75) is 58.9 Å². The molecule has 2 rings (SSSR count). The summed E-state index contributed by atoms with van der Waals surface area (Å²) in [6.07, 6.45) is 3.76. The van der Waals surface area contributed by atoms with Gasteiger partial charge in [0.05, 0.1) is 17.6 Å². The van der Waals surface area contributed by atoms with Gasteiger partial charge in [-0.15, -0.1) is 22.9 Å². The number of halogens is 1. The number of likely N-dealkylation sites (tertiary alicyclic amines) is 1. The summed E-state index contributed by atoms with van der Waals surface area (Å²) in [6, 6.07) is 0.484. The summed E-state index contributed by atoms with van der Waals surface area (Å²) in [5, 5.41) is 3.35. The quantitative estimate of drug-likeness (QED) is 0.719. The Kier molecular flexibility index (Phi) is 5.49. The highest BCUT2D eigenvalue weighted by Crippen LogP contribution is 2.37. The van der Waals surface area contributed by atoms with Crippen LogP contribution < -0.4 is 0 Å². The average Bonchev–Trinajstić information content (AvgIpc) is 2.88. The van der Waals surface area contributed by atoms with Gasteiger partial charge < -0.3 is 0 Å². The fraction of sp³-hybridized carbons (Fsp3) is 0.812. The summed E-state index contributed by atoms with van der Waals surface area (Å²) in [4.78, 5) is 7.31. The molecule has 0 amide bonds. The normalized spacial score (nSPS) is 20.2. The van der Waals surface area contributed by atoms with Crippen LogP contribution in [0.25, 0.3) is 0 Å². The molecule has 4 heteroatoms. The second-order valence-electron chi connectivity index (χ2n) is 6.91. The van der Waals surface area contributed by atoms with Gasteiger partial charge >= 0.3 is 0 Å². The number of alkyl halides is 1. The van der Waals surface area contributed by atoms with Crippen LogP contribution in [0.1, 0.15) is 63.7 Å². The number of hydrogen-bond donors (Lipinski definition) is 0. The number of nitrogens with zero attached hydrogens (tertiary/aromatic N) is 2. The summed E-state index contributed by atoms with van der Waals surface area (Å²) < 4.78 is 0. The van der Waals surface area contributed by atoms with Crippen molar-refractivity contribution in [2.75, 3.05) is 13.1 Å². The van der Waals surface area contributed by atoms with Gasteiger partial charge in [0.15, 0.2) is 0 Å². The molecule has 0 bridgehead atoms. The van der Waals surface area contributed by atoms with E-state index in [0.717, 1.165) is 18.0 Å². The third-order valence-corrected chi connectivity index (χ3v) is 5.84. The van der Waals surface area contributed by atoms with Crippen LogP contribution in [0, 0.1) is 11.3 Å². The summed E-state index contributed by atoms with van der Waals surface area (Å²) in [7, 11) is 0. The van der Waals surface area contributed by atoms with Gasteiger partial charge in [0.25, 0.3) is 0 Å². The minimum Gasteiger partial charge on any atom is -0.294 e. The summed E-state index contributed by atoms with van der Waals surface area (Å²) in [6.45, 7) is 11.8. The first-order valence-corrected chi connectivity index (χ1v) is 9.11. The SMILES string of the molecule is CCC(c1nc(CCl)cs1)N1CCC(C(C)(C)C)CC1. The predicted molar refractivity (Wildman–Crippen MR) is 88.5 cm³/mol. The van der Waals surface area contributed by atoms with Crippen LogP contribution in [0.2, 0.25) is 0 Å². The van der Waals surface area contributed by atoms with E-state index >= 15 is 0 Å². The first kappa shape index (κ1) is 16.3. The van der Waals surface area contributed by atoms with Crippen LogP contribution in [0.5, 0.6) is 0 Å². The van der Waals surface area contributed by atoms with Crippen molar-refractivity contribution in [2.24, 2.45) is 11.3 Å². The molecule has 1 fully saturated rings. The standard InChI is InChI=1S/C16H27ClN2S/c1-5-14(15-18-13(10-17)11-20-15)19-8-6-12(7-9-19)16(2,3)4/h11-12,14H,5-10H2,1-4H3. The van der Waals surface area contributed by atoms with E-state index in [2.05, 4.69) is 43.0 Å². The van der Waals surface area contributed by atoms with Crippen LogP contribution in [0.3, 0.4) is 0 Å². The lowest BCUT2D eigenvalue weighted by Crippen LogP contribution is -2.39. The molecule has 2 nitrogen and oxygen atoms in total. The van der Waals surface area contributed by atoms with Crippen LogP contribution in [0.15, 0.2) is 5.38 Å². The Morgan fingerprint density at radius 1 is 1.40 bits per heavy atom. The van der Waals surface area contributed by atoms with Gasteiger partial charge in [0.2, 0.25) is 0 Å². The Morgan fingerprint density at radius 2 is 2.05 bits per heavy atom. The molecule has 0 radical (unpaired) electrons. The monoisotopic (exact) mass is 314 g/mol. The number of piperidine rings is 1. The second-order valence-corrected chi connectivity index (χ2v) is 8.07. The molecule has 1 unspecified atom stereocenters. The molecule has 20 heavy (non-hydrogen) atoms. The van der Waals surface area contributed by atoms with Crippen molar-refractivity contribution in [3.05, 3.63) is 16.1 Å². The molecule has 114 valence electrons. The number of hydrogen-bond acceptors (Lipinski definition) is 3. The lowest BCUT2D eigenvalue weighted by Gasteiger charge is -2.41. The zero-order valence-electron chi connectivity index (χ0n) is 13.2. The van der Waals surface area contributed by atoms with E-state index in [1.165, 1.54) is 30.9 Å². The highest BCUT2D eigenvalue weighted by atomic mass is 35.5. The topological polar surface area (TPSA) is 16.1 Å². The molecule has 1 saturated heterocycles. The van der Waals surface area contributed by atoms with E-state index in [1.54, 1.807) is 11.3 Å². The van der Waals surface area contributed by atoms with Gasteiger partial charge in [-0.3, -0.25) is 4.90 Å². The molecule has 2 heterocycles. The molecular weight excluding hydrogens is 288 g/mol. The van der Waals surface area contributed by atoms with E-state index < -0.39 is 0 Å². The molecule has 0 spiro atoms. The van der Waals surface area contributed by atoms with Crippen LogP contribution in [0.4, 0.5) is 0 Å². The van der Waals surface area contributed by atoms with E-state index in [-0.39, 0.29) is 0 Å². The van der Waals surface area contributed by atoms with Gasteiger partial charge in [-0.25, -0.2) is 4.98 Å². The molecular formula is C16H27ClN2S. The van der Waals surface area contributed by atoms with Crippen molar-refractivity contribution in [3.8, 4) is 0 Å². The molecule has 0 aliphatic carbocycles. The predicted octanol–water partition coefficient (Wildman–Crippen LogP) is 5.09. The van der Waals surface area contributed by atoms with Gasteiger partial charge in [-0.2, -0.15) is 0 Å². The van der Waals surface area contributed by atoms with Gasteiger partial charge in [0, 0.05) is 5.38 Å². The Labute approximate surface area is 132 Å². The summed E-state index contributed by atoms with van der Waals surface area (Å²) in [5.74, 6) is 1.38. The second kappa shape index (κ2) is 6.76. The molecule has 0 N–H and O–H groups in total. The molecule has 1 aliphatic heterocycles. The molecule has 0 saturated carbocycles. The smallest absolute Gasteiger partial charge is 0.110 e. The third kappa shape index (κ3) is 3.75. The number of thiazole rings is 1. The number of rotatable bonds is 4. The zero-order valence-corrected chi connectivity index (χ0v) is 14.7. The largest absolute Gasteiger partial charge is 0.294 e. The summed E-state index contributed by atoms with van der Waals surface area (Å²) in [5.41, 5.74) is 1.47. The lowest BCUT2D eigenvalue weighted by atomic mass is 9.75. The highest BCUT2D eigenvalue weighted by Gasteiger charge is 2.32. The van der Waals surface area contributed by atoms with E-state index in [1.807, 2.05) is 0 Å². The van der Waals surface area contributed by atoms with Crippen LogP contribution >= 0.6 is 22.9 Å². The Hall–Kier alpha value is -0.120.